The Morgan fingerprint density at radius 3 is 2.66 bits per heavy atom. The largest absolute Gasteiger partial charge is 0.480 e. The quantitative estimate of drug-likeness (QED) is 0.709. The molecule has 1 unspecified atom stereocenters. The number of hydrogen-bond donors (Lipinski definition) is 1. The van der Waals surface area contributed by atoms with Crippen LogP contribution in [0.15, 0.2) is 36.4 Å². The van der Waals surface area contributed by atoms with Crippen molar-refractivity contribution in [2.45, 2.75) is 38.8 Å². The lowest BCUT2D eigenvalue weighted by atomic mass is 10.1. The molecule has 0 bridgehead atoms. The molecule has 1 N–H and O–H groups in total. The van der Waals surface area contributed by atoms with Crippen LogP contribution in [0.2, 0.25) is 10.0 Å². The zero-order valence-electron chi connectivity index (χ0n) is 16.1. The van der Waals surface area contributed by atoms with E-state index in [1.807, 2.05) is 24.0 Å². The summed E-state index contributed by atoms with van der Waals surface area (Å²) >= 11 is 11.9. The zero-order chi connectivity index (χ0) is 20.5. The summed E-state index contributed by atoms with van der Waals surface area (Å²) < 4.78 is 5.99. The first-order valence-electron chi connectivity index (χ1n) is 9.79. The van der Waals surface area contributed by atoms with Crippen molar-refractivity contribution in [1.82, 2.24) is 4.90 Å². The standard InChI is InChI=1S/C22H22Cl2N2O3/c1-2-19-22(28)26(11-13-3-4-13)12-15-9-16(6-8-20(15)29-19)25-21(27)14-5-7-17(23)18(24)10-14/h5-10,13,19H,2-4,11-12H2,1H3,(H,25,27). The average Bonchev–Trinajstić information content (AvgIpc) is 3.53. The maximum absolute atomic E-state index is 12.8. The summed E-state index contributed by atoms with van der Waals surface area (Å²) in [5.41, 5.74) is 1.95. The molecule has 5 nitrogen and oxygen atoms in total. The van der Waals surface area contributed by atoms with E-state index in [1.165, 1.54) is 18.9 Å². The molecule has 1 aliphatic heterocycles. The van der Waals surface area contributed by atoms with Crippen LogP contribution in [0.1, 0.15) is 42.1 Å². The van der Waals surface area contributed by atoms with E-state index < -0.39 is 6.10 Å². The molecule has 1 heterocycles. The number of nitrogens with zero attached hydrogens (tertiary/aromatic N) is 1. The third-order valence-electron chi connectivity index (χ3n) is 5.26. The highest BCUT2D eigenvalue weighted by atomic mass is 35.5. The third kappa shape index (κ3) is 4.51. The zero-order valence-corrected chi connectivity index (χ0v) is 17.6. The van der Waals surface area contributed by atoms with Crippen LogP contribution in [0.4, 0.5) is 5.69 Å². The smallest absolute Gasteiger partial charge is 0.263 e. The van der Waals surface area contributed by atoms with Crippen molar-refractivity contribution in [3.63, 3.8) is 0 Å². The van der Waals surface area contributed by atoms with Gasteiger partial charge in [-0.25, -0.2) is 0 Å². The van der Waals surface area contributed by atoms with E-state index in [-0.39, 0.29) is 11.8 Å². The number of benzene rings is 2. The molecule has 29 heavy (non-hydrogen) atoms. The normalized spacial score (nSPS) is 18.7. The summed E-state index contributed by atoms with van der Waals surface area (Å²) in [6.45, 7) is 3.20. The van der Waals surface area contributed by atoms with Crippen molar-refractivity contribution < 1.29 is 14.3 Å². The minimum absolute atomic E-state index is 0.0389. The first kappa shape index (κ1) is 20.0. The number of hydrogen-bond acceptors (Lipinski definition) is 3. The molecule has 1 fully saturated rings. The predicted molar refractivity (Wildman–Crippen MR) is 114 cm³/mol. The van der Waals surface area contributed by atoms with E-state index in [4.69, 9.17) is 27.9 Å². The molecule has 0 spiro atoms. The van der Waals surface area contributed by atoms with Gasteiger partial charge in [-0.15, -0.1) is 0 Å². The summed E-state index contributed by atoms with van der Waals surface area (Å²) in [7, 11) is 0. The highest BCUT2D eigenvalue weighted by Gasteiger charge is 2.33. The fourth-order valence-corrected chi connectivity index (χ4v) is 3.75. The molecule has 2 aromatic rings. The van der Waals surface area contributed by atoms with Crippen LogP contribution in [0, 0.1) is 5.92 Å². The number of fused-ring (bicyclic) bond motifs is 1. The van der Waals surface area contributed by atoms with Gasteiger partial charge in [0.05, 0.1) is 10.0 Å². The minimum Gasteiger partial charge on any atom is -0.480 e. The fourth-order valence-electron chi connectivity index (χ4n) is 3.45. The van der Waals surface area contributed by atoms with Crippen molar-refractivity contribution in [1.29, 1.82) is 0 Å². The highest BCUT2D eigenvalue weighted by molar-refractivity contribution is 6.42. The molecular formula is C22H22Cl2N2O3. The molecule has 0 radical (unpaired) electrons. The summed E-state index contributed by atoms with van der Waals surface area (Å²) in [5.74, 6) is 1.04. The van der Waals surface area contributed by atoms with E-state index in [9.17, 15) is 9.59 Å². The molecule has 1 saturated carbocycles. The monoisotopic (exact) mass is 432 g/mol. The molecule has 0 saturated heterocycles. The Balaban J connectivity index is 1.56. The number of halogens is 2. The Kier molecular flexibility index (Phi) is 5.70. The van der Waals surface area contributed by atoms with Crippen molar-refractivity contribution in [2.75, 3.05) is 11.9 Å². The molecule has 2 aliphatic rings. The van der Waals surface area contributed by atoms with E-state index in [1.54, 1.807) is 18.2 Å². The molecule has 1 atom stereocenters. The molecule has 2 amide bonds. The van der Waals surface area contributed by atoms with Gasteiger partial charge in [0.25, 0.3) is 11.8 Å². The summed E-state index contributed by atoms with van der Waals surface area (Å²) in [6.07, 6.45) is 2.50. The lowest BCUT2D eigenvalue weighted by Gasteiger charge is -2.23. The van der Waals surface area contributed by atoms with Crippen molar-refractivity contribution >= 4 is 40.7 Å². The first-order chi connectivity index (χ1) is 13.9. The number of anilines is 1. The molecule has 0 aromatic heterocycles. The van der Waals surface area contributed by atoms with Gasteiger partial charge in [0.2, 0.25) is 0 Å². The SMILES string of the molecule is CCC1Oc2ccc(NC(=O)c3ccc(Cl)c(Cl)c3)cc2CN(CC2CC2)C1=O. The Bertz CT molecular complexity index is 959. The second kappa shape index (κ2) is 8.25. The molecular weight excluding hydrogens is 411 g/mol. The van der Waals surface area contributed by atoms with Gasteiger partial charge >= 0.3 is 0 Å². The van der Waals surface area contributed by atoms with Crippen LogP contribution in [-0.2, 0) is 11.3 Å². The molecule has 1 aliphatic carbocycles. The average molecular weight is 433 g/mol. The Labute approximate surface area is 179 Å². The van der Waals surface area contributed by atoms with Gasteiger partial charge in [0, 0.05) is 29.9 Å². The number of ether oxygens (including phenoxy) is 1. The molecule has 4 rings (SSSR count). The van der Waals surface area contributed by atoms with Crippen LogP contribution in [0.3, 0.4) is 0 Å². The van der Waals surface area contributed by atoms with Crippen LogP contribution < -0.4 is 10.1 Å². The minimum atomic E-state index is -0.466. The maximum Gasteiger partial charge on any atom is 0.263 e. The Morgan fingerprint density at radius 2 is 1.97 bits per heavy atom. The van der Waals surface area contributed by atoms with Crippen LogP contribution in [-0.4, -0.2) is 29.4 Å². The van der Waals surface area contributed by atoms with E-state index in [0.29, 0.717) is 45.9 Å². The summed E-state index contributed by atoms with van der Waals surface area (Å²) in [6, 6.07) is 10.2. The van der Waals surface area contributed by atoms with Gasteiger partial charge in [0.1, 0.15) is 5.75 Å². The Hall–Kier alpha value is -2.24. The molecule has 2 aromatic carbocycles. The van der Waals surface area contributed by atoms with E-state index in [2.05, 4.69) is 5.32 Å². The van der Waals surface area contributed by atoms with Gasteiger partial charge in [-0.1, -0.05) is 30.1 Å². The number of carbonyl (C=O) groups excluding carboxylic acids is 2. The van der Waals surface area contributed by atoms with Gasteiger partial charge in [-0.3, -0.25) is 9.59 Å². The second-order valence-corrected chi connectivity index (χ2v) is 8.40. The predicted octanol–water partition coefficient (Wildman–Crippen LogP) is 5.16. The number of nitrogens with one attached hydrogen (secondary N) is 1. The van der Waals surface area contributed by atoms with E-state index in [0.717, 1.165) is 12.1 Å². The van der Waals surface area contributed by atoms with Crippen LogP contribution >= 0.6 is 23.2 Å². The number of carbonyl (C=O) groups is 2. The second-order valence-electron chi connectivity index (χ2n) is 7.58. The van der Waals surface area contributed by atoms with Gasteiger partial charge in [0.15, 0.2) is 6.10 Å². The van der Waals surface area contributed by atoms with Gasteiger partial charge in [-0.2, -0.15) is 0 Å². The third-order valence-corrected chi connectivity index (χ3v) is 6.00. The summed E-state index contributed by atoms with van der Waals surface area (Å²) in [4.78, 5) is 27.3. The number of rotatable bonds is 5. The van der Waals surface area contributed by atoms with E-state index >= 15 is 0 Å². The van der Waals surface area contributed by atoms with Crippen LogP contribution in [0.25, 0.3) is 0 Å². The number of amides is 2. The van der Waals surface area contributed by atoms with Crippen molar-refractivity contribution in [3.05, 3.63) is 57.6 Å². The van der Waals surface area contributed by atoms with Gasteiger partial charge < -0.3 is 15.0 Å². The summed E-state index contributed by atoms with van der Waals surface area (Å²) in [5, 5.41) is 3.61. The van der Waals surface area contributed by atoms with Crippen molar-refractivity contribution in [3.8, 4) is 5.75 Å². The lowest BCUT2D eigenvalue weighted by molar-refractivity contribution is -0.138. The first-order valence-corrected chi connectivity index (χ1v) is 10.5. The maximum atomic E-state index is 12.8. The topological polar surface area (TPSA) is 58.6 Å². The lowest BCUT2D eigenvalue weighted by Crippen LogP contribution is -2.40. The molecule has 152 valence electrons. The van der Waals surface area contributed by atoms with Crippen LogP contribution in [0.5, 0.6) is 5.75 Å². The van der Waals surface area contributed by atoms with Gasteiger partial charge in [-0.05, 0) is 61.6 Å². The van der Waals surface area contributed by atoms with Crippen molar-refractivity contribution in [2.24, 2.45) is 5.92 Å². The fraction of sp³-hybridized carbons (Fsp3) is 0.364. The Morgan fingerprint density at radius 1 is 1.17 bits per heavy atom. The highest BCUT2D eigenvalue weighted by Crippen LogP contribution is 2.34. The molecule has 7 heteroatoms.